The molecular formula is C17H20ClNO2. The van der Waals surface area contributed by atoms with Crippen molar-refractivity contribution in [2.75, 3.05) is 25.1 Å². The molecule has 0 unspecified atom stereocenters. The van der Waals surface area contributed by atoms with Gasteiger partial charge in [0.05, 0.1) is 6.61 Å². The fourth-order valence-electron chi connectivity index (χ4n) is 1.90. The van der Waals surface area contributed by atoms with Gasteiger partial charge in [-0.1, -0.05) is 35.9 Å². The van der Waals surface area contributed by atoms with Gasteiger partial charge in [-0.15, -0.1) is 0 Å². The van der Waals surface area contributed by atoms with Crippen LogP contribution in [0.15, 0.2) is 48.5 Å². The molecule has 0 aliphatic heterocycles. The monoisotopic (exact) mass is 305 g/mol. The van der Waals surface area contributed by atoms with Crippen LogP contribution in [0.5, 0.6) is 5.75 Å². The molecule has 2 aromatic rings. The van der Waals surface area contributed by atoms with Gasteiger partial charge in [-0.2, -0.15) is 0 Å². The van der Waals surface area contributed by atoms with Gasteiger partial charge in [-0.3, -0.25) is 0 Å². The van der Waals surface area contributed by atoms with E-state index >= 15 is 0 Å². The predicted molar refractivity (Wildman–Crippen MR) is 87.2 cm³/mol. The lowest BCUT2D eigenvalue weighted by Gasteiger charge is -2.10. The summed E-state index contributed by atoms with van der Waals surface area (Å²) in [6, 6.07) is 15.7. The second-order valence-electron chi connectivity index (χ2n) is 4.52. The Bertz CT molecular complexity index is 560. The Kier molecular flexibility index (Phi) is 6.38. The third-order valence-corrected chi connectivity index (χ3v) is 3.34. The first-order chi connectivity index (χ1) is 10.3. The molecular weight excluding hydrogens is 286 g/mol. The number of anilines is 1. The van der Waals surface area contributed by atoms with Crippen LogP contribution in [0.4, 0.5) is 5.69 Å². The van der Waals surface area contributed by atoms with E-state index in [1.54, 1.807) is 0 Å². The SMILES string of the molecule is CCOCCOc1cccc(NCc2ccccc2Cl)c1. The molecule has 0 spiro atoms. The Morgan fingerprint density at radius 1 is 1.05 bits per heavy atom. The predicted octanol–water partition coefficient (Wildman–Crippen LogP) is 4.37. The summed E-state index contributed by atoms with van der Waals surface area (Å²) in [5, 5.41) is 4.12. The largest absolute Gasteiger partial charge is 0.491 e. The van der Waals surface area contributed by atoms with Crippen molar-refractivity contribution in [3.8, 4) is 5.75 Å². The number of benzene rings is 2. The third kappa shape index (κ3) is 5.29. The summed E-state index contributed by atoms with van der Waals surface area (Å²) in [4.78, 5) is 0. The zero-order valence-electron chi connectivity index (χ0n) is 12.1. The molecule has 3 nitrogen and oxygen atoms in total. The van der Waals surface area contributed by atoms with Gasteiger partial charge in [0.1, 0.15) is 12.4 Å². The maximum atomic E-state index is 6.14. The van der Waals surface area contributed by atoms with E-state index in [-0.39, 0.29) is 0 Å². The van der Waals surface area contributed by atoms with Crippen molar-refractivity contribution in [2.45, 2.75) is 13.5 Å². The highest BCUT2D eigenvalue weighted by Gasteiger charge is 2.00. The Morgan fingerprint density at radius 2 is 1.90 bits per heavy atom. The molecule has 112 valence electrons. The van der Waals surface area contributed by atoms with Crippen molar-refractivity contribution in [1.29, 1.82) is 0 Å². The molecule has 21 heavy (non-hydrogen) atoms. The van der Waals surface area contributed by atoms with Crippen LogP contribution < -0.4 is 10.1 Å². The van der Waals surface area contributed by atoms with E-state index in [1.807, 2.05) is 55.5 Å². The van der Waals surface area contributed by atoms with Gasteiger partial charge in [0.15, 0.2) is 0 Å². The minimum absolute atomic E-state index is 0.557. The van der Waals surface area contributed by atoms with E-state index in [1.165, 1.54) is 0 Å². The summed E-state index contributed by atoms with van der Waals surface area (Å²) in [6.45, 7) is 4.53. The highest BCUT2D eigenvalue weighted by atomic mass is 35.5. The minimum atomic E-state index is 0.557. The minimum Gasteiger partial charge on any atom is -0.491 e. The number of rotatable bonds is 8. The van der Waals surface area contributed by atoms with Crippen molar-refractivity contribution in [1.82, 2.24) is 0 Å². The summed E-state index contributed by atoms with van der Waals surface area (Å²) < 4.78 is 10.9. The first-order valence-electron chi connectivity index (χ1n) is 7.07. The van der Waals surface area contributed by atoms with Gasteiger partial charge in [-0.05, 0) is 30.7 Å². The van der Waals surface area contributed by atoms with Crippen LogP contribution in [0.3, 0.4) is 0 Å². The fourth-order valence-corrected chi connectivity index (χ4v) is 2.10. The molecule has 0 radical (unpaired) electrons. The van der Waals surface area contributed by atoms with Crippen LogP contribution in [0.25, 0.3) is 0 Å². The van der Waals surface area contributed by atoms with Gasteiger partial charge < -0.3 is 14.8 Å². The van der Waals surface area contributed by atoms with Crippen LogP contribution in [0.1, 0.15) is 12.5 Å². The summed E-state index contributed by atoms with van der Waals surface area (Å²) in [5.41, 5.74) is 2.07. The van der Waals surface area contributed by atoms with Gasteiger partial charge in [-0.25, -0.2) is 0 Å². The Labute approximate surface area is 130 Å². The lowest BCUT2D eigenvalue weighted by molar-refractivity contribution is 0.110. The Morgan fingerprint density at radius 3 is 2.71 bits per heavy atom. The third-order valence-electron chi connectivity index (χ3n) is 2.98. The molecule has 0 heterocycles. The van der Waals surface area contributed by atoms with Crippen molar-refractivity contribution in [3.63, 3.8) is 0 Å². The van der Waals surface area contributed by atoms with Crippen LogP contribution in [-0.2, 0) is 11.3 Å². The maximum absolute atomic E-state index is 6.14. The van der Waals surface area contributed by atoms with Crippen LogP contribution >= 0.6 is 11.6 Å². The van der Waals surface area contributed by atoms with Crippen LogP contribution in [0, 0.1) is 0 Å². The summed E-state index contributed by atoms with van der Waals surface area (Å²) in [7, 11) is 0. The smallest absolute Gasteiger partial charge is 0.121 e. The van der Waals surface area contributed by atoms with E-state index in [0.29, 0.717) is 26.4 Å². The van der Waals surface area contributed by atoms with Gasteiger partial charge in [0.25, 0.3) is 0 Å². The number of hydrogen-bond acceptors (Lipinski definition) is 3. The summed E-state index contributed by atoms with van der Waals surface area (Å²) in [6.07, 6.45) is 0. The number of ether oxygens (including phenoxy) is 2. The van der Waals surface area contributed by atoms with Crippen molar-refractivity contribution < 1.29 is 9.47 Å². The maximum Gasteiger partial charge on any atom is 0.121 e. The molecule has 4 heteroatoms. The quantitative estimate of drug-likeness (QED) is 0.735. The first kappa shape index (κ1) is 15.7. The Balaban J connectivity index is 1.87. The van der Waals surface area contributed by atoms with Crippen molar-refractivity contribution in [2.24, 2.45) is 0 Å². The zero-order chi connectivity index (χ0) is 14.9. The second-order valence-corrected chi connectivity index (χ2v) is 4.93. The van der Waals surface area contributed by atoms with Crippen LogP contribution in [-0.4, -0.2) is 19.8 Å². The van der Waals surface area contributed by atoms with E-state index in [4.69, 9.17) is 21.1 Å². The molecule has 0 aliphatic rings. The Hall–Kier alpha value is -1.71. The zero-order valence-corrected chi connectivity index (χ0v) is 12.9. The van der Waals surface area contributed by atoms with Gasteiger partial charge >= 0.3 is 0 Å². The summed E-state index contributed by atoms with van der Waals surface area (Å²) in [5.74, 6) is 0.832. The fraction of sp³-hybridized carbons (Fsp3) is 0.294. The molecule has 2 rings (SSSR count). The lowest BCUT2D eigenvalue weighted by atomic mass is 10.2. The van der Waals surface area contributed by atoms with Gasteiger partial charge in [0, 0.05) is 29.9 Å². The van der Waals surface area contributed by atoms with E-state index < -0.39 is 0 Å². The lowest BCUT2D eigenvalue weighted by Crippen LogP contribution is -2.06. The number of hydrogen-bond donors (Lipinski definition) is 1. The topological polar surface area (TPSA) is 30.5 Å². The molecule has 0 bridgehead atoms. The van der Waals surface area contributed by atoms with E-state index in [2.05, 4.69) is 5.32 Å². The molecule has 1 N–H and O–H groups in total. The second kappa shape index (κ2) is 8.55. The number of nitrogens with one attached hydrogen (secondary N) is 1. The normalized spacial score (nSPS) is 10.4. The molecule has 0 amide bonds. The van der Waals surface area contributed by atoms with E-state index in [9.17, 15) is 0 Å². The van der Waals surface area contributed by atoms with Crippen molar-refractivity contribution >= 4 is 17.3 Å². The standard InChI is InChI=1S/C17H20ClNO2/c1-2-20-10-11-21-16-8-5-7-15(12-16)19-13-14-6-3-4-9-17(14)18/h3-9,12,19H,2,10-11,13H2,1H3. The highest BCUT2D eigenvalue weighted by Crippen LogP contribution is 2.20. The first-order valence-corrected chi connectivity index (χ1v) is 7.45. The average Bonchev–Trinajstić information content (AvgIpc) is 2.51. The molecule has 0 saturated heterocycles. The molecule has 2 aromatic carbocycles. The molecule has 0 aliphatic carbocycles. The van der Waals surface area contributed by atoms with Crippen LogP contribution in [0.2, 0.25) is 5.02 Å². The molecule has 0 saturated carbocycles. The molecule has 0 aromatic heterocycles. The highest BCUT2D eigenvalue weighted by molar-refractivity contribution is 6.31. The molecule has 0 fully saturated rings. The van der Waals surface area contributed by atoms with Crippen molar-refractivity contribution in [3.05, 3.63) is 59.1 Å². The molecule has 0 atom stereocenters. The van der Waals surface area contributed by atoms with Gasteiger partial charge in [0.2, 0.25) is 0 Å². The summed E-state index contributed by atoms with van der Waals surface area (Å²) >= 11 is 6.14. The number of halogens is 1. The average molecular weight is 306 g/mol. The van der Waals surface area contributed by atoms with E-state index in [0.717, 1.165) is 22.0 Å².